The summed E-state index contributed by atoms with van der Waals surface area (Å²) >= 11 is 2.07. The molecule has 1 fully saturated rings. The van der Waals surface area contributed by atoms with Gasteiger partial charge in [0.25, 0.3) is 0 Å². The second-order valence-corrected chi connectivity index (χ2v) is 5.27. The predicted molar refractivity (Wildman–Crippen MR) is 70.3 cm³/mol. The Morgan fingerprint density at radius 3 is 2.88 bits per heavy atom. The van der Waals surface area contributed by atoms with E-state index in [-0.39, 0.29) is 12.4 Å². The Hall–Kier alpha value is -0.820. The van der Waals surface area contributed by atoms with E-state index >= 15 is 0 Å². The number of rotatable bonds is 6. The molecule has 1 saturated carbocycles. The molecule has 0 aliphatic heterocycles. The van der Waals surface area contributed by atoms with Crippen LogP contribution in [0.15, 0.2) is 18.2 Å². The second kappa shape index (κ2) is 5.68. The fraction of sp³-hybridized carbons (Fsp3) is 0.417. The first-order valence-electron chi connectivity index (χ1n) is 5.40. The largest absolute Gasteiger partial charge is 0.478 e. The van der Waals surface area contributed by atoms with Crippen LogP contribution in [0, 0.1) is 9.49 Å². The van der Waals surface area contributed by atoms with Crippen molar-refractivity contribution in [2.75, 3.05) is 13.4 Å². The van der Waals surface area contributed by atoms with Gasteiger partial charge in [0.05, 0.1) is 6.61 Å². The highest BCUT2D eigenvalue weighted by molar-refractivity contribution is 14.1. The molecule has 0 radical (unpaired) electrons. The van der Waals surface area contributed by atoms with Gasteiger partial charge in [0.2, 0.25) is 0 Å². The van der Waals surface area contributed by atoms with Crippen molar-refractivity contribution in [1.82, 2.24) is 0 Å². The first-order chi connectivity index (χ1) is 8.16. The standard InChI is InChI=1S/C12H13IO4/c13-9-3-4-11(10(5-9)12(14)15)17-7-16-6-8-1-2-8/h3-5,8H,1-2,6-7H2,(H,14,15). The monoisotopic (exact) mass is 348 g/mol. The lowest BCUT2D eigenvalue weighted by Crippen LogP contribution is -2.08. The number of benzene rings is 1. The van der Waals surface area contributed by atoms with Crippen molar-refractivity contribution in [2.45, 2.75) is 12.8 Å². The molecule has 0 atom stereocenters. The Balaban J connectivity index is 1.91. The Morgan fingerprint density at radius 2 is 2.24 bits per heavy atom. The van der Waals surface area contributed by atoms with Crippen molar-refractivity contribution >= 4 is 28.6 Å². The number of hydrogen-bond acceptors (Lipinski definition) is 3. The Kier molecular flexibility index (Phi) is 4.22. The highest BCUT2D eigenvalue weighted by atomic mass is 127. The molecule has 0 unspecified atom stereocenters. The van der Waals surface area contributed by atoms with Crippen LogP contribution < -0.4 is 4.74 Å². The van der Waals surface area contributed by atoms with E-state index in [0.717, 1.165) is 3.57 Å². The van der Waals surface area contributed by atoms with Gasteiger partial charge >= 0.3 is 5.97 Å². The average molecular weight is 348 g/mol. The zero-order valence-electron chi connectivity index (χ0n) is 9.19. The smallest absolute Gasteiger partial charge is 0.339 e. The number of carbonyl (C=O) groups is 1. The van der Waals surface area contributed by atoms with Gasteiger partial charge in [-0.1, -0.05) is 0 Å². The quantitative estimate of drug-likeness (QED) is 0.488. The minimum Gasteiger partial charge on any atom is -0.478 e. The molecule has 4 nitrogen and oxygen atoms in total. The van der Waals surface area contributed by atoms with Gasteiger partial charge in [-0.3, -0.25) is 0 Å². The lowest BCUT2D eigenvalue weighted by atomic mass is 10.2. The van der Waals surface area contributed by atoms with Crippen LogP contribution in [0.5, 0.6) is 5.75 Å². The van der Waals surface area contributed by atoms with Crippen LogP contribution >= 0.6 is 22.6 Å². The zero-order valence-corrected chi connectivity index (χ0v) is 11.3. The number of ether oxygens (including phenoxy) is 2. The van der Waals surface area contributed by atoms with Gasteiger partial charge in [0, 0.05) is 3.57 Å². The molecule has 0 heterocycles. The molecule has 5 heteroatoms. The SMILES string of the molecule is O=C(O)c1cc(I)ccc1OCOCC1CC1. The number of carboxylic acids is 1. The molecule has 1 aliphatic rings. The third kappa shape index (κ3) is 3.85. The van der Waals surface area contributed by atoms with Crippen molar-refractivity contribution in [3.05, 3.63) is 27.3 Å². The van der Waals surface area contributed by atoms with E-state index in [2.05, 4.69) is 22.6 Å². The summed E-state index contributed by atoms with van der Waals surface area (Å²) in [5, 5.41) is 9.02. The normalized spacial score (nSPS) is 14.6. The lowest BCUT2D eigenvalue weighted by molar-refractivity contribution is 0.00918. The summed E-state index contributed by atoms with van der Waals surface area (Å²) in [5.74, 6) is 0.0451. The van der Waals surface area contributed by atoms with Gasteiger partial charge in [-0.05, 0) is 59.5 Å². The first-order valence-corrected chi connectivity index (χ1v) is 6.48. The summed E-state index contributed by atoms with van der Waals surface area (Å²) in [6.45, 7) is 0.810. The molecule has 0 aromatic heterocycles. The van der Waals surface area contributed by atoms with E-state index in [0.29, 0.717) is 18.3 Å². The van der Waals surface area contributed by atoms with Gasteiger partial charge in [-0.25, -0.2) is 4.79 Å². The first kappa shape index (κ1) is 12.6. The van der Waals surface area contributed by atoms with E-state index in [1.165, 1.54) is 12.8 Å². The van der Waals surface area contributed by atoms with Crippen LogP contribution in [0.25, 0.3) is 0 Å². The number of halogens is 1. The van der Waals surface area contributed by atoms with E-state index < -0.39 is 5.97 Å². The van der Waals surface area contributed by atoms with E-state index in [9.17, 15) is 4.79 Å². The Labute approximate surface area is 113 Å². The number of hydrogen-bond donors (Lipinski definition) is 1. The number of carboxylic acid groups (broad SMARTS) is 1. The summed E-state index contributed by atoms with van der Waals surface area (Å²) in [6, 6.07) is 5.05. The summed E-state index contributed by atoms with van der Waals surface area (Å²) in [7, 11) is 0. The van der Waals surface area contributed by atoms with Crippen LogP contribution in [0.3, 0.4) is 0 Å². The molecule has 1 aromatic carbocycles. The maximum Gasteiger partial charge on any atom is 0.339 e. The highest BCUT2D eigenvalue weighted by Crippen LogP contribution is 2.29. The minimum absolute atomic E-state index is 0.109. The summed E-state index contributed by atoms with van der Waals surface area (Å²) in [6.07, 6.45) is 2.45. The minimum atomic E-state index is -0.985. The molecule has 0 saturated heterocycles. The Bertz CT molecular complexity index is 415. The van der Waals surface area contributed by atoms with Gasteiger partial charge in [-0.15, -0.1) is 0 Å². The van der Waals surface area contributed by atoms with E-state index in [1.807, 2.05) is 6.07 Å². The van der Waals surface area contributed by atoms with Crippen molar-refractivity contribution < 1.29 is 19.4 Å². The summed E-state index contributed by atoms with van der Waals surface area (Å²) < 4.78 is 11.5. The van der Waals surface area contributed by atoms with Crippen LogP contribution in [0.1, 0.15) is 23.2 Å². The van der Waals surface area contributed by atoms with Crippen LogP contribution in [0.4, 0.5) is 0 Å². The molecular weight excluding hydrogens is 335 g/mol. The molecule has 1 aliphatic carbocycles. The fourth-order valence-electron chi connectivity index (χ4n) is 1.40. The van der Waals surface area contributed by atoms with Crippen LogP contribution in [-0.4, -0.2) is 24.5 Å². The third-order valence-electron chi connectivity index (χ3n) is 2.52. The van der Waals surface area contributed by atoms with Crippen molar-refractivity contribution in [2.24, 2.45) is 5.92 Å². The molecule has 0 bridgehead atoms. The van der Waals surface area contributed by atoms with E-state index in [1.54, 1.807) is 12.1 Å². The molecule has 2 rings (SSSR count). The lowest BCUT2D eigenvalue weighted by Gasteiger charge is -2.09. The number of aromatic carboxylic acids is 1. The van der Waals surface area contributed by atoms with Gasteiger partial charge in [0.15, 0.2) is 6.79 Å². The van der Waals surface area contributed by atoms with Gasteiger partial charge in [-0.2, -0.15) is 0 Å². The highest BCUT2D eigenvalue weighted by Gasteiger charge is 2.21. The van der Waals surface area contributed by atoms with Crippen LogP contribution in [0.2, 0.25) is 0 Å². The summed E-state index contributed by atoms with van der Waals surface area (Å²) in [4.78, 5) is 11.0. The predicted octanol–water partition coefficient (Wildman–Crippen LogP) is 2.75. The maximum atomic E-state index is 11.0. The molecule has 0 spiro atoms. The van der Waals surface area contributed by atoms with Crippen molar-refractivity contribution in [1.29, 1.82) is 0 Å². The fourth-order valence-corrected chi connectivity index (χ4v) is 1.89. The topological polar surface area (TPSA) is 55.8 Å². The molecule has 92 valence electrons. The Morgan fingerprint density at radius 1 is 1.47 bits per heavy atom. The van der Waals surface area contributed by atoms with Gasteiger partial charge in [0.1, 0.15) is 11.3 Å². The average Bonchev–Trinajstić information content (AvgIpc) is 3.09. The van der Waals surface area contributed by atoms with Crippen LogP contribution in [-0.2, 0) is 4.74 Å². The molecule has 1 aromatic rings. The molecular formula is C12H13IO4. The summed E-state index contributed by atoms with van der Waals surface area (Å²) in [5.41, 5.74) is 0.173. The molecule has 17 heavy (non-hydrogen) atoms. The zero-order chi connectivity index (χ0) is 12.3. The second-order valence-electron chi connectivity index (χ2n) is 4.02. The van der Waals surface area contributed by atoms with E-state index in [4.69, 9.17) is 14.6 Å². The van der Waals surface area contributed by atoms with Gasteiger partial charge < -0.3 is 14.6 Å². The maximum absolute atomic E-state index is 11.0. The molecule has 1 N–H and O–H groups in total. The van der Waals surface area contributed by atoms with Crippen molar-refractivity contribution in [3.8, 4) is 5.75 Å². The third-order valence-corrected chi connectivity index (χ3v) is 3.19. The van der Waals surface area contributed by atoms with Crippen molar-refractivity contribution in [3.63, 3.8) is 0 Å². The molecule has 0 amide bonds.